The van der Waals surface area contributed by atoms with Crippen molar-refractivity contribution in [3.8, 4) is 0 Å². The normalized spacial score (nSPS) is 23.1. The summed E-state index contributed by atoms with van der Waals surface area (Å²) in [6.07, 6.45) is 0.995. The molecule has 0 spiro atoms. The Morgan fingerprint density at radius 2 is 1.95 bits per heavy atom. The molecule has 0 radical (unpaired) electrons. The summed E-state index contributed by atoms with van der Waals surface area (Å²) in [5.74, 6) is 0.0767. The highest BCUT2D eigenvalue weighted by atomic mass is 16.5. The number of ether oxygens (including phenoxy) is 1. The Bertz CT molecular complexity index is 652. The molecule has 1 saturated heterocycles. The molecule has 2 aromatic rings. The lowest BCUT2D eigenvalue weighted by molar-refractivity contribution is -0.148. The van der Waals surface area contributed by atoms with E-state index in [1.165, 1.54) is 23.4 Å². The predicted octanol–water partition coefficient (Wildman–Crippen LogP) is 3.05. The summed E-state index contributed by atoms with van der Waals surface area (Å²) in [6.45, 7) is 1.79. The summed E-state index contributed by atoms with van der Waals surface area (Å²) in [7, 11) is 3.54. The molecule has 3 nitrogen and oxygen atoms in total. The number of likely N-dealkylation sites (tertiary alicyclic amines) is 1. The maximum atomic E-state index is 12.1. The Morgan fingerprint density at radius 1 is 1.19 bits per heavy atom. The van der Waals surface area contributed by atoms with Crippen LogP contribution in [0, 0.1) is 5.92 Å². The summed E-state index contributed by atoms with van der Waals surface area (Å²) in [5.41, 5.74) is 1.25. The van der Waals surface area contributed by atoms with E-state index < -0.39 is 0 Å². The molecule has 3 rings (SSSR count). The van der Waals surface area contributed by atoms with Crippen molar-refractivity contribution in [2.45, 2.75) is 12.3 Å². The quantitative estimate of drug-likeness (QED) is 0.793. The van der Waals surface area contributed by atoms with Crippen molar-refractivity contribution in [2.24, 2.45) is 5.92 Å². The van der Waals surface area contributed by atoms with E-state index in [1.54, 1.807) is 0 Å². The zero-order chi connectivity index (χ0) is 14.8. The van der Waals surface area contributed by atoms with Crippen LogP contribution in [0.25, 0.3) is 10.8 Å². The average Bonchev–Trinajstić information content (AvgIpc) is 2.53. The topological polar surface area (TPSA) is 29.5 Å². The zero-order valence-electron chi connectivity index (χ0n) is 12.6. The average molecular weight is 283 g/mol. The monoisotopic (exact) mass is 283 g/mol. The fourth-order valence-corrected chi connectivity index (χ4v) is 3.34. The third-order valence-corrected chi connectivity index (χ3v) is 4.52. The maximum Gasteiger partial charge on any atom is 0.310 e. The third-order valence-electron chi connectivity index (χ3n) is 4.52. The SMILES string of the molecule is COC(=O)[C@@H]1CN(C)CC[C@H]1c1ccc2ccccc2c1. The molecule has 1 fully saturated rings. The van der Waals surface area contributed by atoms with Crippen molar-refractivity contribution < 1.29 is 9.53 Å². The van der Waals surface area contributed by atoms with Crippen LogP contribution < -0.4 is 0 Å². The van der Waals surface area contributed by atoms with E-state index in [0.717, 1.165) is 19.5 Å². The maximum absolute atomic E-state index is 12.1. The molecule has 0 N–H and O–H groups in total. The van der Waals surface area contributed by atoms with Crippen LogP contribution in [-0.4, -0.2) is 38.1 Å². The Morgan fingerprint density at radius 3 is 2.71 bits per heavy atom. The van der Waals surface area contributed by atoms with E-state index in [-0.39, 0.29) is 17.8 Å². The molecule has 3 heteroatoms. The van der Waals surface area contributed by atoms with Gasteiger partial charge < -0.3 is 9.64 Å². The second-order valence-electron chi connectivity index (χ2n) is 5.89. The van der Waals surface area contributed by atoms with Crippen molar-refractivity contribution in [3.63, 3.8) is 0 Å². The number of benzene rings is 2. The Balaban J connectivity index is 1.96. The van der Waals surface area contributed by atoms with Crippen molar-refractivity contribution >= 4 is 16.7 Å². The van der Waals surface area contributed by atoms with Crippen molar-refractivity contribution in [3.05, 3.63) is 48.0 Å². The number of piperidine rings is 1. The van der Waals surface area contributed by atoms with Gasteiger partial charge in [-0.05, 0) is 42.3 Å². The highest BCUT2D eigenvalue weighted by Crippen LogP contribution is 2.34. The first-order chi connectivity index (χ1) is 10.2. The third kappa shape index (κ3) is 2.79. The van der Waals surface area contributed by atoms with Crippen LogP contribution >= 0.6 is 0 Å². The summed E-state index contributed by atoms with van der Waals surface area (Å²) in [4.78, 5) is 14.3. The molecule has 2 atom stereocenters. The van der Waals surface area contributed by atoms with Gasteiger partial charge in [0.1, 0.15) is 0 Å². The van der Waals surface area contributed by atoms with Gasteiger partial charge in [-0.1, -0.05) is 42.5 Å². The fraction of sp³-hybridized carbons (Fsp3) is 0.389. The molecule has 0 unspecified atom stereocenters. The van der Waals surface area contributed by atoms with Gasteiger partial charge in [0.2, 0.25) is 0 Å². The summed E-state index contributed by atoms with van der Waals surface area (Å²) >= 11 is 0. The van der Waals surface area contributed by atoms with Gasteiger partial charge in [0.25, 0.3) is 0 Å². The Labute approximate surface area is 125 Å². The number of rotatable bonds is 2. The molecular weight excluding hydrogens is 262 g/mol. The Kier molecular flexibility index (Phi) is 3.93. The second kappa shape index (κ2) is 5.86. The van der Waals surface area contributed by atoms with Crippen LogP contribution in [-0.2, 0) is 9.53 Å². The minimum absolute atomic E-state index is 0.0742. The van der Waals surface area contributed by atoms with Gasteiger partial charge >= 0.3 is 5.97 Å². The molecule has 0 amide bonds. The number of esters is 1. The van der Waals surface area contributed by atoms with Gasteiger partial charge in [-0.25, -0.2) is 0 Å². The first kappa shape index (κ1) is 14.1. The second-order valence-corrected chi connectivity index (χ2v) is 5.89. The van der Waals surface area contributed by atoms with Gasteiger partial charge in [-0.3, -0.25) is 4.79 Å². The molecule has 0 aromatic heterocycles. The first-order valence-electron chi connectivity index (χ1n) is 7.44. The standard InChI is InChI=1S/C18H21NO2/c1-19-10-9-16(17(12-19)18(20)21-2)15-8-7-13-5-3-4-6-14(13)11-15/h3-8,11,16-17H,9-10,12H2,1-2H3/t16-,17+/m0/s1. The van der Waals surface area contributed by atoms with Gasteiger partial charge in [-0.15, -0.1) is 0 Å². The number of carbonyl (C=O) groups excluding carboxylic acids is 1. The van der Waals surface area contributed by atoms with Crippen molar-refractivity contribution in [2.75, 3.05) is 27.2 Å². The van der Waals surface area contributed by atoms with Gasteiger partial charge in [0.15, 0.2) is 0 Å². The minimum atomic E-state index is -0.0975. The summed E-state index contributed by atoms with van der Waals surface area (Å²) < 4.78 is 5.01. The lowest BCUT2D eigenvalue weighted by atomic mass is 9.80. The number of nitrogens with zero attached hydrogens (tertiary/aromatic N) is 1. The molecule has 0 aliphatic carbocycles. The van der Waals surface area contributed by atoms with E-state index in [1.807, 2.05) is 0 Å². The first-order valence-corrected chi connectivity index (χ1v) is 7.44. The fourth-order valence-electron chi connectivity index (χ4n) is 3.34. The van der Waals surface area contributed by atoms with Gasteiger partial charge in [0, 0.05) is 6.54 Å². The number of hydrogen-bond acceptors (Lipinski definition) is 3. The lowest BCUT2D eigenvalue weighted by Gasteiger charge is -2.35. The van der Waals surface area contributed by atoms with Crippen LogP contribution in [0.3, 0.4) is 0 Å². The van der Waals surface area contributed by atoms with Crippen LogP contribution in [0.5, 0.6) is 0 Å². The van der Waals surface area contributed by atoms with E-state index in [9.17, 15) is 4.79 Å². The molecule has 1 aliphatic rings. The largest absolute Gasteiger partial charge is 0.469 e. The highest BCUT2D eigenvalue weighted by molar-refractivity contribution is 5.83. The molecule has 110 valence electrons. The number of fused-ring (bicyclic) bond motifs is 1. The number of methoxy groups -OCH3 is 1. The van der Waals surface area contributed by atoms with Crippen LogP contribution in [0.15, 0.2) is 42.5 Å². The van der Waals surface area contributed by atoms with E-state index in [2.05, 4.69) is 54.4 Å². The number of hydrogen-bond donors (Lipinski definition) is 0. The van der Waals surface area contributed by atoms with Crippen LogP contribution in [0.2, 0.25) is 0 Å². The summed E-state index contributed by atoms with van der Waals surface area (Å²) in [6, 6.07) is 14.9. The van der Waals surface area contributed by atoms with Crippen LogP contribution in [0.1, 0.15) is 17.9 Å². The van der Waals surface area contributed by atoms with E-state index in [4.69, 9.17) is 4.74 Å². The number of carbonyl (C=O) groups is 1. The van der Waals surface area contributed by atoms with Crippen LogP contribution in [0.4, 0.5) is 0 Å². The summed E-state index contributed by atoms with van der Waals surface area (Å²) in [5, 5.41) is 2.47. The molecule has 2 aromatic carbocycles. The van der Waals surface area contributed by atoms with Gasteiger partial charge in [-0.2, -0.15) is 0 Å². The molecule has 1 aliphatic heterocycles. The van der Waals surface area contributed by atoms with Crippen molar-refractivity contribution in [1.29, 1.82) is 0 Å². The smallest absolute Gasteiger partial charge is 0.310 e. The highest BCUT2D eigenvalue weighted by Gasteiger charge is 2.34. The molecule has 1 heterocycles. The Hall–Kier alpha value is -1.87. The van der Waals surface area contributed by atoms with Gasteiger partial charge in [0.05, 0.1) is 13.0 Å². The molecular formula is C18H21NO2. The zero-order valence-corrected chi connectivity index (χ0v) is 12.6. The predicted molar refractivity (Wildman–Crippen MR) is 84.3 cm³/mol. The molecule has 21 heavy (non-hydrogen) atoms. The van der Waals surface area contributed by atoms with Crippen molar-refractivity contribution in [1.82, 2.24) is 4.90 Å². The molecule has 0 bridgehead atoms. The molecule has 0 saturated carbocycles. The van der Waals surface area contributed by atoms with E-state index >= 15 is 0 Å². The lowest BCUT2D eigenvalue weighted by Crippen LogP contribution is -2.41. The van der Waals surface area contributed by atoms with E-state index in [0.29, 0.717) is 0 Å². The minimum Gasteiger partial charge on any atom is -0.469 e.